The number of thiophene rings is 1. The third kappa shape index (κ3) is 5.46. The predicted molar refractivity (Wildman–Crippen MR) is 128 cm³/mol. The zero-order valence-electron chi connectivity index (χ0n) is 17.2. The average molecular weight is 467 g/mol. The lowest BCUT2D eigenvalue weighted by atomic mass is 10.1. The normalized spacial score (nSPS) is 11.2. The summed E-state index contributed by atoms with van der Waals surface area (Å²) in [4.78, 5) is 12.2. The van der Waals surface area contributed by atoms with Crippen LogP contribution in [0.3, 0.4) is 0 Å². The van der Waals surface area contributed by atoms with E-state index in [1.807, 2.05) is 42.5 Å². The number of anilines is 1. The van der Waals surface area contributed by atoms with E-state index in [0.29, 0.717) is 18.8 Å². The third-order valence-corrected chi connectivity index (χ3v) is 7.54. The summed E-state index contributed by atoms with van der Waals surface area (Å²) in [6.45, 7) is 0.754. The van der Waals surface area contributed by atoms with Gasteiger partial charge in [-0.1, -0.05) is 54.6 Å². The lowest BCUT2D eigenvalue weighted by molar-refractivity contribution is -0.120. The van der Waals surface area contributed by atoms with Crippen LogP contribution >= 0.6 is 11.3 Å². The smallest absolute Gasteiger partial charge is 0.271 e. The first-order valence-electron chi connectivity index (χ1n) is 10.0. The average Bonchev–Trinajstić information content (AvgIpc) is 3.34. The number of nitrogens with one attached hydrogen (secondary N) is 2. The first-order chi connectivity index (χ1) is 15.5. The van der Waals surface area contributed by atoms with Gasteiger partial charge in [0, 0.05) is 11.1 Å². The Hall–Kier alpha value is -3.36. The minimum Gasteiger partial charge on any atom is -0.491 e. The van der Waals surface area contributed by atoms with Gasteiger partial charge < -0.3 is 10.1 Å². The van der Waals surface area contributed by atoms with Gasteiger partial charge in [-0.3, -0.25) is 9.52 Å². The van der Waals surface area contributed by atoms with Gasteiger partial charge in [0.1, 0.15) is 16.6 Å². The highest BCUT2D eigenvalue weighted by atomic mass is 32.2. The van der Waals surface area contributed by atoms with Crippen LogP contribution in [0.4, 0.5) is 5.69 Å². The molecule has 0 aliphatic rings. The van der Waals surface area contributed by atoms with Gasteiger partial charge >= 0.3 is 0 Å². The number of carbonyl (C=O) groups is 1. The van der Waals surface area contributed by atoms with Gasteiger partial charge in [0.2, 0.25) is 5.91 Å². The molecule has 8 heteroatoms. The zero-order chi connectivity index (χ0) is 22.4. The molecule has 0 atom stereocenters. The summed E-state index contributed by atoms with van der Waals surface area (Å²) in [5, 5.41) is 6.70. The summed E-state index contributed by atoms with van der Waals surface area (Å²) in [5.41, 5.74) is 1.24. The monoisotopic (exact) mass is 466 g/mol. The molecule has 0 fully saturated rings. The molecule has 0 saturated carbocycles. The van der Waals surface area contributed by atoms with Crippen LogP contribution in [-0.4, -0.2) is 27.5 Å². The largest absolute Gasteiger partial charge is 0.491 e. The number of benzene rings is 3. The summed E-state index contributed by atoms with van der Waals surface area (Å²) >= 11 is 1.16. The molecule has 4 rings (SSSR count). The SMILES string of the molecule is O=C(Cc1ccc(NS(=O)(=O)c2cccs2)cc1)NCCOc1cccc2ccccc12. The van der Waals surface area contributed by atoms with Gasteiger partial charge in [0.15, 0.2) is 0 Å². The Morgan fingerprint density at radius 2 is 1.69 bits per heavy atom. The molecule has 0 saturated heterocycles. The maximum Gasteiger partial charge on any atom is 0.271 e. The number of rotatable bonds is 9. The molecular weight excluding hydrogens is 444 g/mol. The summed E-state index contributed by atoms with van der Waals surface area (Å²) in [5.74, 6) is 0.663. The van der Waals surface area contributed by atoms with E-state index in [4.69, 9.17) is 4.74 Å². The second-order valence-corrected chi connectivity index (χ2v) is 9.94. The lowest BCUT2D eigenvalue weighted by Gasteiger charge is -2.10. The molecule has 2 N–H and O–H groups in total. The first kappa shape index (κ1) is 21.9. The van der Waals surface area contributed by atoms with Crippen molar-refractivity contribution < 1.29 is 17.9 Å². The summed E-state index contributed by atoms with van der Waals surface area (Å²) in [7, 11) is -3.58. The molecule has 0 aliphatic carbocycles. The molecule has 0 spiro atoms. The van der Waals surface area contributed by atoms with Crippen LogP contribution in [0.2, 0.25) is 0 Å². The predicted octanol–water partition coefficient (Wildman–Crippen LogP) is 4.44. The van der Waals surface area contributed by atoms with Crippen molar-refractivity contribution in [2.24, 2.45) is 0 Å². The van der Waals surface area contributed by atoms with E-state index in [0.717, 1.165) is 33.4 Å². The van der Waals surface area contributed by atoms with E-state index < -0.39 is 10.0 Å². The molecule has 1 heterocycles. The minimum atomic E-state index is -3.58. The molecule has 4 aromatic rings. The first-order valence-corrected chi connectivity index (χ1v) is 12.4. The maximum atomic E-state index is 12.3. The van der Waals surface area contributed by atoms with E-state index >= 15 is 0 Å². The molecule has 1 aromatic heterocycles. The van der Waals surface area contributed by atoms with Crippen molar-refractivity contribution in [3.63, 3.8) is 0 Å². The number of hydrogen-bond acceptors (Lipinski definition) is 5. The van der Waals surface area contributed by atoms with Crippen molar-refractivity contribution in [3.8, 4) is 5.75 Å². The molecule has 0 unspecified atom stereocenters. The molecule has 6 nitrogen and oxygen atoms in total. The van der Waals surface area contributed by atoms with Crippen LogP contribution in [0.5, 0.6) is 5.75 Å². The number of amides is 1. The van der Waals surface area contributed by atoms with Crippen molar-refractivity contribution in [1.29, 1.82) is 0 Å². The molecular formula is C24H22N2O4S2. The number of sulfonamides is 1. The Morgan fingerprint density at radius 3 is 2.47 bits per heavy atom. The fraction of sp³-hybridized carbons (Fsp3) is 0.125. The number of hydrogen-bond donors (Lipinski definition) is 2. The molecule has 0 aliphatic heterocycles. The lowest BCUT2D eigenvalue weighted by Crippen LogP contribution is -2.29. The standard InChI is InChI=1S/C24H22N2O4S2/c27-23(25-14-15-30-22-8-3-6-19-5-1-2-7-21(19)22)17-18-10-12-20(13-11-18)26-32(28,29)24-9-4-16-31-24/h1-13,16,26H,14-15,17H2,(H,25,27). The Labute approximate surface area is 190 Å². The molecule has 1 amide bonds. The highest BCUT2D eigenvalue weighted by Crippen LogP contribution is 2.25. The molecule has 32 heavy (non-hydrogen) atoms. The van der Waals surface area contributed by atoms with Crippen molar-refractivity contribution >= 4 is 43.7 Å². The topological polar surface area (TPSA) is 84.5 Å². The number of fused-ring (bicyclic) bond motifs is 1. The van der Waals surface area contributed by atoms with Gasteiger partial charge in [-0.25, -0.2) is 8.42 Å². The Morgan fingerprint density at radius 1 is 0.906 bits per heavy atom. The summed E-state index contributed by atoms with van der Waals surface area (Å²) in [6.07, 6.45) is 0.201. The van der Waals surface area contributed by atoms with Gasteiger partial charge in [-0.15, -0.1) is 11.3 Å². The fourth-order valence-electron chi connectivity index (χ4n) is 3.23. The zero-order valence-corrected chi connectivity index (χ0v) is 18.8. The van der Waals surface area contributed by atoms with Crippen LogP contribution in [0.1, 0.15) is 5.56 Å². The Kier molecular flexibility index (Phi) is 6.72. The van der Waals surface area contributed by atoms with Crippen molar-refractivity contribution in [3.05, 3.63) is 89.8 Å². The van der Waals surface area contributed by atoms with E-state index in [1.165, 1.54) is 0 Å². The summed E-state index contributed by atoms with van der Waals surface area (Å²) in [6, 6.07) is 23.9. The Balaban J connectivity index is 1.24. The van der Waals surface area contributed by atoms with E-state index in [9.17, 15) is 13.2 Å². The third-order valence-electron chi connectivity index (χ3n) is 4.76. The Bertz CT molecular complexity index is 1300. The van der Waals surface area contributed by atoms with Crippen LogP contribution in [0.25, 0.3) is 10.8 Å². The summed E-state index contributed by atoms with van der Waals surface area (Å²) < 4.78 is 33.2. The van der Waals surface area contributed by atoms with E-state index in [-0.39, 0.29) is 16.5 Å². The molecule has 0 bridgehead atoms. The van der Waals surface area contributed by atoms with Crippen molar-refractivity contribution in [1.82, 2.24) is 5.32 Å². The quantitative estimate of drug-likeness (QED) is 0.357. The molecule has 0 radical (unpaired) electrons. The molecule has 3 aromatic carbocycles. The van der Waals surface area contributed by atoms with Crippen molar-refractivity contribution in [2.45, 2.75) is 10.6 Å². The second kappa shape index (κ2) is 9.84. The fourth-order valence-corrected chi connectivity index (χ4v) is 5.28. The van der Waals surface area contributed by atoms with E-state index in [2.05, 4.69) is 10.0 Å². The van der Waals surface area contributed by atoms with Crippen molar-refractivity contribution in [2.75, 3.05) is 17.9 Å². The second-order valence-electron chi connectivity index (χ2n) is 7.09. The van der Waals surface area contributed by atoms with Gasteiger partial charge in [0.05, 0.1) is 13.0 Å². The van der Waals surface area contributed by atoms with Crippen LogP contribution in [-0.2, 0) is 21.2 Å². The van der Waals surface area contributed by atoms with Crippen LogP contribution in [0, 0.1) is 0 Å². The van der Waals surface area contributed by atoms with E-state index in [1.54, 1.807) is 41.8 Å². The highest BCUT2D eigenvalue weighted by Gasteiger charge is 2.15. The highest BCUT2D eigenvalue weighted by molar-refractivity contribution is 7.94. The number of ether oxygens (including phenoxy) is 1. The van der Waals surface area contributed by atoms with Gasteiger partial charge in [0.25, 0.3) is 10.0 Å². The molecule has 164 valence electrons. The van der Waals surface area contributed by atoms with Crippen LogP contribution < -0.4 is 14.8 Å². The maximum absolute atomic E-state index is 12.3. The minimum absolute atomic E-state index is 0.126. The number of carbonyl (C=O) groups excluding carboxylic acids is 1. The van der Waals surface area contributed by atoms with Crippen LogP contribution in [0.15, 0.2) is 88.5 Å². The van der Waals surface area contributed by atoms with Gasteiger partial charge in [-0.2, -0.15) is 0 Å². The van der Waals surface area contributed by atoms with Gasteiger partial charge in [-0.05, 0) is 40.6 Å².